The van der Waals surface area contributed by atoms with Crippen LogP contribution in [0.5, 0.6) is 5.75 Å². The molecule has 186 valence electrons. The van der Waals surface area contributed by atoms with E-state index in [0.29, 0.717) is 75.8 Å². The van der Waals surface area contributed by atoms with E-state index in [1.807, 2.05) is 9.80 Å². The fourth-order valence-corrected chi connectivity index (χ4v) is 4.03. The highest BCUT2D eigenvalue weighted by molar-refractivity contribution is 5.84. The van der Waals surface area contributed by atoms with Gasteiger partial charge in [-0.15, -0.1) is 0 Å². The number of fused-ring (bicyclic) bond motifs is 1. The Morgan fingerprint density at radius 2 is 1.51 bits per heavy atom. The zero-order chi connectivity index (χ0) is 24.2. The Morgan fingerprint density at radius 1 is 0.914 bits per heavy atom. The van der Waals surface area contributed by atoms with Gasteiger partial charge in [0.25, 0.3) is 6.43 Å². The van der Waals surface area contributed by atoms with Gasteiger partial charge in [0, 0.05) is 32.6 Å². The maximum Gasteiger partial charge on any atom is 0.296 e. The van der Waals surface area contributed by atoms with Gasteiger partial charge in [-0.1, -0.05) is 6.07 Å². The summed E-state index contributed by atoms with van der Waals surface area (Å²) in [4.78, 5) is 32.6. The molecule has 0 unspecified atom stereocenters. The molecule has 0 saturated carbocycles. The van der Waals surface area contributed by atoms with Gasteiger partial charge in [-0.2, -0.15) is 15.0 Å². The van der Waals surface area contributed by atoms with Crippen molar-refractivity contribution in [1.82, 2.24) is 24.5 Å². The van der Waals surface area contributed by atoms with Crippen molar-refractivity contribution in [2.75, 3.05) is 69.0 Å². The van der Waals surface area contributed by atoms with Crippen molar-refractivity contribution in [3.8, 4) is 11.7 Å². The molecule has 0 aliphatic carbocycles. The first-order valence-electron chi connectivity index (χ1n) is 11.4. The van der Waals surface area contributed by atoms with Gasteiger partial charge in [0.1, 0.15) is 17.6 Å². The smallest absolute Gasteiger partial charge is 0.296 e. The predicted molar refractivity (Wildman–Crippen MR) is 122 cm³/mol. The number of aldehydes is 1. The van der Waals surface area contributed by atoms with Crippen LogP contribution in [0.4, 0.5) is 20.7 Å². The predicted octanol–water partition coefficient (Wildman–Crippen LogP) is 1.79. The maximum atomic E-state index is 14.2. The number of benzene rings is 1. The number of rotatable bonds is 8. The highest BCUT2D eigenvalue weighted by Crippen LogP contribution is 2.32. The lowest BCUT2D eigenvalue weighted by atomic mass is 10.3. The van der Waals surface area contributed by atoms with E-state index in [1.165, 1.54) is 4.57 Å². The number of hydrogen-bond donors (Lipinski definition) is 0. The normalized spacial score (nSPS) is 16.8. The van der Waals surface area contributed by atoms with Crippen LogP contribution in [0.15, 0.2) is 18.2 Å². The molecule has 3 aromatic rings. The second-order valence-corrected chi connectivity index (χ2v) is 7.97. The number of morpholine rings is 2. The van der Waals surface area contributed by atoms with Gasteiger partial charge in [-0.25, -0.2) is 13.8 Å². The number of imidazole rings is 1. The number of ether oxygens (including phenoxy) is 3. The van der Waals surface area contributed by atoms with Crippen molar-refractivity contribution < 1.29 is 27.8 Å². The fourth-order valence-electron chi connectivity index (χ4n) is 4.03. The van der Waals surface area contributed by atoms with Crippen LogP contribution in [0, 0.1) is 0 Å². The number of anilines is 2. The fraction of sp³-hybridized carbons (Fsp3) is 0.500. The topological polar surface area (TPSA) is 108 Å². The average Bonchev–Trinajstić information content (AvgIpc) is 3.31. The maximum absolute atomic E-state index is 14.2. The van der Waals surface area contributed by atoms with E-state index in [0.717, 1.165) is 6.29 Å². The average molecular weight is 489 g/mol. The molecule has 4 heterocycles. The van der Waals surface area contributed by atoms with E-state index in [1.54, 1.807) is 18.2 Å². The Balaban J connectivity index is 1.64. The summed E-state index contributed by atoms with van der Waals surface area (Å²) in [5, 5.41) is 0. The lowest BCUT2D eigenvalue weighted by Gasteiger charge is -2.30. The zero-order valence-electron chi connectivity index (χ0n) is 19.0. The molecule has 1 aromatic carbocycles. The molecule has 2 saturated heterocycles. The minimum Gasteiger partial charge on any atom is -0.491 e. The third kappa shape index (κ3) is 4.86. The molecule has 35 heavy (non-hydrogen) atoms. The van der Waals surface area contributed by atoms with Gasteiger partial charge >= 0.3 is 0 Å². The van der Waals surface area contributed by atoms with Crippen molar-refractivity contribution in [2.24, 2.45) is 0 Å². The summed E-state index contributed by atoms with van der Waals surface area (Å²) in [5.74, 6) is 0.630. The molecule has 0 spiro atoms. The van der Waals surface area contributed by atoms with Crippen molar-refractivity contribution in [3.05, 3.63) is 24.0 Å². The number of nitrogens with zero attached hydrogens (tertiary/aromatic N) is 7. The number of carbonyl (C=O) groups excluding carboxylic acids is 1. The number of halogens is 2. The Morgan fingerprint density at radius 3 is 2.09 bits per heavy atom. The van der Waals surface area contributed by atoms with Gasteiger partial charge in [0.2, 0.25) is 17.8 Å². The van der Waals surface area contributed by atoms with Crippen LogP contribution in [0.1, 0.15) is 18.7 Å². The van der Waals surface area contributed by atoms with Crippen LogP contribution >= 0.6 is 0 Å². The molecular formula is C22H25F2N7O4. The lowest BCUT2D eigenvalue weighted by Crippen LogP contribution is -2.40. The first-order valence-corrected chi connectivity index (χ1v) is 11.4. The quantitative estimate of drug-likeness (QED) is 0.343. The van der Waals surface area contributed by atoms with E-state index in [-0.39, 0.29) is 24.5 Å². The summed E-state index contributed by atoms with van der Waals surface area (Å²) in [6.45, 7) is 4.50. The Bertz CT molecular complexity index is 1140. The highest BCUT2D eigenvalue weighted by atomic mass is 19.3. The largest absolute Gasteiger partial charge is 0.491 e. The number of carbonyl (C=O) groups is 1. The van der Waals surface area contributed by atoms with E-state index >= 15 is 0 Å². The van der Waals surface area contributed by atoms with Gasteiger partial charge < -0.3 is 28.8 Å². The van der Waals surface area contributed by atoms with Gasteiger partial charge in [0.05, 0.1) is 38.6 Å². The van der Waals surface area contributed by atoms with Crippen LogP contribution in [0.3, 0.4) is 0 Å². The Hall–Kier alpha value is -3.45. The number of para-hydroxylation sites is 1. The van der Waals surface area contributed by atoms with Gasteiger partial charge in [-0.3, -0.25) is 4.57 Å². The summed E-state index contributed by atoms with van der Waals surface area (Å²) in [7, 11) is 0. The minimum absolute atomic E-state index is 0.0471. The molecule has 0 bridgehead atoms. The summed E-state index contributed by atoms with van der Waals surface area (Å²) < 4.78 is 46.2. The first-order chi connectivity index (χ1) is 17.2. The van der Waals surface area contributed by atoms with Crippen molar-refractivity contribution in [1.29, 1.82) is 0 Å². The zero-order valence-corrected chi connectivity index (χ0v) is 19.0. The van der Waals surface area contributed by atoms with E-state index in [9.17, 15) is 13.6 Å². The number of hydrogen-bond acceptors (Lipinski definition) is 10. The molecule has 2 aliphatic rings. The van der Waals surface area contributed by atoms with E-state index in [2.05, 4.69) is 19.9 Å². The monoisotopic (exact) mass is 489 g/mol. The van der Waals surface area contributed by atoms with Gasteiger partial charge in [-0.05, 0) is 12.1 Å². The van der Waals surface area contributed by atoms with Crippen molar-refractivity contribution >= 4 is 29.2 Å². The molecule has 0 amide bonds. The molecule has 0 atom stereocenters. The molecule has 2 fully saturated rings. The van der Waals surface area contributed by atoms with Crippen LogP contribution in [0.25, 0.3) is 17.0 Å². The Labute approximate surface area is 199 Å². The highest BCUT2D eigenvalue weighted by Gasteiger charge is 2.27. The summed E-state index contributed by atoms with van der Waals surface area (Å²) in [6.07, 6.45) is -1.98. The second kappa shape index (κ2) is 10.4. The van der Waals surface area contributed by atoms with Crippen molar-refractivity contribution in [2.45, 2.75) is 12.8 Å². The first kappa shape index (κ1) is 23.3. The number of alkyl halides is 2. The molecule has 5 rings (SSSR count). The molecule has 11 nitrogen and oxygen atoms in total. The standard InChI is InChI=1S/C22H25F2N7O4/c23-18(24)19-25-17-15(3-1-4-16(17)35-10-2-9-32)31(19)22-27-20(29-5-11-33-12-6-29)26-21(28-22)30-7-13-34-14-8-30/h1,3-4,9,18H,2,5-8,10-14H2. The molecule has 13 heteroatoms. The van der Waals surface area contributed by atoms with E-state index < -0.39 is 12.2 Å². The van der Waals surface area contributed by atoms with Crippen LogP contribution in [-0.4, -0.2) is 90.0 Å². The van der Waals surface area contributed by atoms with E-state index in [4.69, 9.17) is 14.2 Å². The lowest BCUT2D eigenvalue weighted by molar-refractivity contribution is -0.108. The summed E-state index contributed by atoms with van der Waals surface area (Å²) >= 11 is 0. The number of aromatic nitrogens is 5. The minimum atomic E-state index is -2.89. The Kier molecular flexibility index (Phi) is 6.95. The second-order valence-electron chi connectivity index (χ2n) is 7.97. The molecule has 2 aliphatic heterocycles. The SMILES string of the molecule is O=CCCOc1cccc2c1nc(C(F)F)n2-c1nc(N2CCOCC2)nc(N2CCOCC2)n1. The summed E-state index contributed by atoms with van der Waals surface area (Å²) in [6, 6.07) is 4.97. The molecule has 2 aromatic heterocycles. The third-order valence-electron chi connectivity index (χ3n) is 5.75. The van der Waals surface area contributed by atoms with Crippen LogP contribution < -0.4 is 14.5 Å². The van der Waals surface area contributed by atoms with Gasteiger partial charge in [0.15, 0.2) is 5.82 Å². The van der Waals surface area contributed by atoms with Crippen LogP contribution in [-0.2, 0) is 14.3 Å². The van der Waals surface area contributed by atoms with Crippen LogP contribution in [0.2, 0.25) is 0 Å². The molecule has 0 N–H and O–H groups in total. The molecular weight excluding hydrogens is 464 g/mol. The van der Waals surface area contributed by atoms with Crippen molar-refractivity contribution in [3.63, 3.8) is 0 Å². The molecule has 0 radical (unpaired) electrons. The summed E-state index contributed by atoms with van der Waals surface area (Å²) in [5.41, 5.74) is 0.617. The third-order valence-corrected chi connectivity index (χ3v) is 5.75.